The third-order valence-corrected chi connectivity index (χ3v) is 10.5. The van der Waals surface area contributed by atoms with Crippen molar-refractivity contribution >= 4 is 43.3 Å². The number of amides is 1. The highest BCUT2D eigenvalue weighted by molar-refractivity contribution is 7.90. The number of nitrogens with zero attached hydrogens (tertiary/aromatic N) is 2. The van der Waals surface area contributed by atoms with Crippen LogP contribution in [0, 0.1) is 30.5 Å². The number of amidine groups is 1. The molecule has 0 radical (unpaired) electrons. The van der Waals surface area contributed by atoms with Gasteiger partial charge in [-0.3, -0.25) is 9.59 Å². The maximum atomic E-state index is 14.5. The van der Waals surface area contributed by atoms with E-state index in [2.05, 4.69) is 9.71 Å². The summed E-state index contributed by atoms with van der Waals surface area (Å²) in [7, 11) is -7.62. The van der Waals surface area contributed by atoms with Crippen molar-refractivity contribution in [1.82, 2.24) is 4.90 Å². The number of esters is 1. The standard InChI is InChI=1S/C29H34FN3O7S2/c1-4-40-29(35)27-20-8-9-21(13-20)28(27)33(15-18-6-5-17(2)22(30)11-18)26(34)14-25-31-23-10-7-19(16-41(3,36)37)12-24(23)42(38,39)32-25/h5-7,10-12,20-21,27-28H,4,8-9,13-16H2,1-3H3,(H,31,32)/t20-,21+,27+,28-/m0/s1. The summed E-state index contributed by atoms with van der Waals surface area (Å²) in [6, 6.07) is 8.47. The molecule has 2 aromatic carbocycles. The van der Waals surface area contributed by atoms with Gasteiger partial charge in [0, 0.05) is 18.8 Å². The van der Waals surface area contributed by atoms with E-state index in [1.165, 1.54) is 24.3 Å². The maximum absolute atomic E-state index is 14.5. The van der Waals surface area contributed by atoms with Gasteiger partial charge in [0.05, 0.1) is 30.4 Å². The molecule has 13 heteroatoms. The summed E-state index contributed by atoms with van der Waals surface area (Å²) >= 11 is 0. The fourth-order valence-electron chi connectivity index (χ4n) is 6.54. The number of benzene rings is 2. The zero-order valence-corrected chi connectivity index (χ0v) is 25.3. The maximum Gasteiger partial charge on any atom is 0.311 e. The number of anilines is 1. The first-order chi connectivity index (χ1) is 19.8. The summed E-state index contributed by atoms with van der Waals surface area (Å²) in [4.78, 5) is 28.5. The number of halogens is 1. The summed E-state index contributed by atoms with van der Waals surface area (Å²) in [5, 5.41) is 2.91. The Morgan fingerprint density at radius 2 is 1.83 bits per heavy atom. The van der Waals surface area contributed by atoms with Crippen LogP contribution < -0.4 is 5.32 Å². The van der Waals surface area contributed by atoms with Crippen molar-refractivity contribution in [3.63, 3.8) is 0 Å². The molecule has 3 aliphatic rings. The van der Waals surface area contributed by atoms with E-state index >= 15 is 0 Å². The quantitative estimate of drug-likeness (QED) is 0.420. The smallest absolute Gasteiger partial charge is 0.311 e. The van der Waals surface area contributed by atoms with E-state index in [0.717, 1.165) is 25.5 Å². The lowest BCUT2D eigenvalue weighted by Gasteiger charge is -2.39. The molecule has 1 aliphatic heterocycles. The second-order valence-electron chi connectivity index (χ2n) is 11.4. The van der Waals surface area contributed by atoms with Gasteiger partial charge in [0.2, 0.25) is 5.91 Å². The summed E-state index contributed by atoms with van der Waals surface area (Å²) in [6.07, 6.45) is 3.13. The van der Waals surface area contributed by atoms with Crippen LogP contribution in [0.15, 0.2) is 45.7 Å². The van der Waals surface area contributed by atoms with Gasteiger partial charge in [0.1, 0.15) is 16.5 Å². The van der Waals surface area contributed by atoms with Crippen LogP contribution in [0.2, 0.25) is 0 Å². The van der Waals surface area contributed by atoms with Crippen molar-refractivity contribution in [3.05, 3.63) is 58.9 Å². The van der Waals surface area contributed by atoms with Gasteiger partial charge in [-0.15, -0.1) is 4.40 Å². The van der Waals surface area contributed by atoms with Gasteiger partial charge in [-0.1, -0.05) is 18.2 Å². The number of fused-ring (bicyclic) bond motifs is 3. The highest BCUT2D eigenvalue weighted by Gasteiger charge is 2.54. The van der Waals surface area contributed by atoms with E-state index < -0.39 is 50.0 Å². The highest BCUT2D eigenvalue weighted by Crippen LogP contribution is 2.51. The Morgan fingerprint density at radius 3 is 2.52 bits per heavy atom. The molecule has 1 N–H and O–H groups in total. The van der Waals surface area contributed by atoms with Crippen LogP contribution in [0.5, 0.6) is 0 Å². The molecule has 1 heterocycles. The number of carbonyl (C=O) groups is 2. The summed E-state index contributed by atoms with van der Waals surface area (Å²) < 4.78 is 73.3. The zero-order chi connectivity index (χ0) is 30.4. The van der Waals surface area contributed by atoms with Gasteiger partial charge >= 0.3 is 5.97 Å². The van der Waals surface area contributed by atoms with Crippen molar-refractivity contribution in [1.29, 1.82) is 0 Å². The lowest BCUT2D eigenvalue weighted by atomic mass is 9.83. The summed E-state index contributed by atoms with van der Waals surface area (Å²) in [5.74, 6) is -2.05. The molecule has 2 aromatic rings. The number of rotatable bonds is 9. The van der Waals surface area contributed by atoms with Gasteiger partial charge in [0.25, 0.3) is 10.0 Å². The van der Waals surface area contributed by atoms with Crippen LogP contribution in [0.25, 0.3) is 0 Å². The minimum absolute atomic E-state index is 0.0330. The molecule has 1 amide bonds. The minimum atomic E-state index is -4.23. The first-order valence-electron chi connectivity index (χ1n) is 13.9. The van der Waals surface area contributed by atoms with Crippen molar-refractivity contribution in [2.24, 2.45) is 22.2 Å². The molecule has 4 atom stereocenters. The third-order valence-electron chi connectivity index (χ3n) is 8.28. The Balaban J connectivity index is 1.45. The van der Waals surface area contributed by atoms with E-state index in [9.17, 15) is 30.8 Å². The van der Waals surface area contributed by atoms with Crippen LogP contribution >= 0.6 is 0 Å². The fraction of sp³-hybridized carbons (Fsp3) is 0.483. The van der Waals surface area contributed by atoms with Gasteiger partial charge in [-0.25, -0.2) is 12.8 Å². The number of sulfonamides is 1. The topological polar surface area (TPSA) is 139 Å². The third kappa shape index (κ3) is 6.22. The number of ether oxygens (including phenoxy) is 1. The van der Waals surface area contributed by atoms with Crippen LogP contribution in [-0.4, -0.2) is 58.4 Å². The summed E-state index contributed by atoms with van der Waals surface area (Å²) in [6.45, 7) is 3.61. The average Bonchev–Trinajstić information content (AvgIpc) is 3.51. The molecule has 226 valence electrons. The SMILES string of the molecule is CCOC(=O)[C@@H]1[C@H]2CC[C@H](C2)[C@@H]1N(Cc1ccc(C)c(F)c1)C(=O)CC1=NS(=O)(=O)c2cc(CS(C)(=O)=O)ccc2N1. The monoisotopic (exact) mass is 619 g/mol. The van der Waals surface area contributed by atoms with Crippen LogP contribution in [-0.2, 0) is 46.5 Å². The van der Waals surface area contributed by atoms with Gasteiger partial charge in [-0.05, 0) is 79.8 Å². The number of nitrogens with one attached hydrogen (secondary N) is 1. The Morgan fingerprint density at radius 1 is 1.12 bits per heavy atom. The van der Waals surface area contributed by atoms with Crippen LogP contribution in [0.3, 0.4) is 0 Å². The van der Waals surface area contributed by atoms with Gasteiger partial charge in [-0.2, -0.15) is 8.42 Å². The molecule has 5 rings (SSSR count). The number of aryl methyl sites for hydroxylation is 1. The molecule has 0 aromatic heterocycles. The lowest BCUT2D eigenvalue weighted by molar-refractivity contribution is -0.154. The van der Waals surface area contributed by atoms with Gasteiger partial charge in [0.15, 0.2) is 9.84 Å². The second kappa shape index (κ2) is 11.4. The van der Waals surface area contributed by atoms with Crippen molar-refractivity contribution in [2.45, 2.75) is 62.8 Å². The first-order valence-corrected chi connectivity index (χ1v) is 17.4. The Labute approximate surface area is 245 Å². The van der Waals surface area contributed by atoms with E-state index in [0.29, 0.717) is 16.7 Å². The predicted molar refractivity (Wildman–Crippen MR) is 154 cm³/mol. The van der Waals surface area contributed by atoms with Crippen LogP contribution in [0.4, 0.5) is 10.1 Å². The Kier molecular flexibility index (Phi) is 8.18. The molecule has 10 nitrogen and oxygen atoms in total. The molecule has 2 fully saturated rings. The number of hydrogen-bond donors (Lipinski definition) is 1. The van der Waals surface area contributed by atoms with E-state index in [4.69, 9.17) is 4.74 Å². The molecular weight excluding hydrogens is 585 g/mol. The Hall–Kier alpha value is -3.32. The predicted octanol–water partition coefficient (Wildman–Crippen LogP) is 3.59. The zero-order valence-electron chi connectivity index (χ0n) is 23.7. The normalized spacial score (nSPS) is 24.0. The largest absolute Gasteiger partial charge is 0.466 e. The molecule has 2 saturated carbocycles. The Bertz CT molecular complexity index is 1670. The first kappa shape index (κ1) is 30.1. The molecule has 0 unspecified atom stereocenters. The number of carbonyl (C=O) groups excluding carboxylic acids is 2. The highest BCUT2D eigenvalue weighted by atomic mass is 32.2. The molecule has 42 heavy (non-hydrogen) atoms. The average molecular weight is 620 g/mol. The summed E-state index contributed by atoms with van der Waals surface area (Å²) in [5.41, 5.74) is 1.49. The fourth-order valence-corrected chi connectivity index (χ4v) is 8.52. The van der Waals surface area contributed by atoms with Crippen molar-refractivity contribution < 1.29 is 35.6 Å². The van der Waals surface area contributed by atoms with Gasteiger partial charge < -0.3 is 15.0 Å². The number of sulfone groups is 1. The second-order valence-corrected chi connectivity index (χ2v) is 15.1. The molecule has 2 bridgehead atoms. The van der Waals surface area contributed by atoms with E-state index in [1.807, 2.05) is 0 Å². The van der Waals surface area contributed by atoms with Crippen LogP contribution in [0.1, 0.15) is 49.3 Å². The minimum Gasteiger partial charge on any atom is -0.466 e. The van der Waals surface area contributed by atoms with E-state index in [1.54, 1.807) is 30.9 Å². The molecule has 0 spiro atoms. The van der Waals surface area contributed by atoms with E-state index in [-0.39, 0.29) is 53.1 Å². The number of hydrogen-bond acceptors (Lipinski definition) is 8. The lowest BCUT2D eigenvalue weighted by Crippen LogP contribution is -2.50. The van der Waals surface area contributed by atoms with Crippen molar-refractivity contribution in [3.8, 4) is 0 Å². The molecule has 0 saturated heterocycles. The van der Waals surface area contributed by atoms with Crippen molar-refractivity contribution in [2.75, 3.05) is 18.2 Å². The molecular formula is C29H34FN3O7S2. The molecule has 2 aliphatic carbocycles.